The van der Waals surface area contributed by atoms with Crippen molar-refractivity contribution in [3.8, 4) is 11.4 Å². The van der Waals surface area contributed by atoms with Crippen molar-refractivity contribution in [1.82, 2.24) is 25.2 Å². The lowest BCUT2D eigenvalue weighted by molar-refractivity contribution is -0.143. The van der Waals surface area contributed by atoms with E-state index in [1.807, 2.05) is 0 Å². The van der Waals surface area contributed by atoms with Crippen molar-refractivity contribution in [2.45, 2.75) is 12.1 Å². The van der Waals surface area contributed by atoms with E-state index in [9.17, 15) is 9.59 Å². The predicted octanol–water partition coefficient (Wildman–Crippen LogP) is -0.175. The molecular formula is C13H16N6O3S. The molecule has 3 N–H and O–H groups in total. The zero-order valence-corrected chi connectivity index (χ0v) is 13.2. The van der Waals surface area contributed by atoms with Crippen LogP contribution in [0.15, 0.2) is 29.7 Å². The Hall–Kier alpha value is -2.62. The molecule has 2 rings (SSSR count). The number of rotatable bonds is 7. The van der Waals surface area contributed by atoms with Crippen LogP contribution in [0.1, 0.15) is 6.92 Å². The number of thioether (sulfide) groups is 1. The molecule has 1 amide bonds. The Labute approximate surface area is 136 Å². The number of pyridine rings is 1. The van der Waals surface area contributed by atoms with Gasteiger partial charge < -0.3 is 15.9 Å². The first kappa shape index (κ1) is 16.7. The van der Waals surface area contributed by atoms with Gasteiger partial charge in [-0.05, 0) is 19.1 Å². The zero-order valence-electron chi connectivity index (χ0n) is 12.4. The molecule has 2 aromatic heterocycles. The molecule has 0 fully saturated rings. The number of amides is 1. The molecule has 0 aliphatic carbocycles. The molecule has 0 saturated carbocycles. The maximum atomic E-state index is 11.7. The standard InChI is InChI=1S/C13H16N6O3S/c1-2-22-11(21)7-16-10(20)8-23-13-18-17-12(19(13)14)9-4-3-5-15-6-9/h3-6H,2,7-8,14H2,1H3,(H,16,20). The van der Waals surface area contributed by atoms with Crippen LogP contribution >= 0.6 is 11.8 Å². The number of nitrogens with zero attached hydrogens (tertiary/aromatic N) is 4. The molecule has 0 aliphatic rings. The Bertz CT molecular complexity index is 676. The summed E-state index contributed by atoms with van der Waals surface area (Å²) in [5.74, 6) is 5.62. The highest BCUT2D eigenvalue weighted by atomic mass is 32.2. The Morgan fingerprint density at radius 2 is 2.26 bits per heavy atom. The highest BCUT2D eigenvalue weighted by Gasteiger charge is 2.14. The lowest BCUT2D eigenvalue weighted by atomic mass is 10.3. The van der Waals surface area contributed by atoms with Crippen molar-refractivity contribution >= 4 is 23.6 Å². The van der Waals surface area contributed by atoms with Crippen LogP contribution < -0.4 is 11.2 Å². The second kappa shape index (κ2) is 8.13. The van der Waals surface area contributed by atoms with E-state index in [0.29, 0.717) is 11.0 Å². The summed E-state index contributed by atoms with van der Waals surface area (Å²) in [6.07, 6.45) is 3.26. The fourth-order valence-electron chi connectivity index (χ4n) is 1.63. The van der Waals surface area contributed by atoms with Crippen molar-refractivity contribution < 1.29 is 14.3 Å². The highest BCUT2D eigenvalue weighted by Crippen LogP contribution is 2.20. The molecule has 23 heavy (non-hydrogen) atoms. The lowest BCUT2D eigenvalue weighted by Gasteiger charge is -2.05. The van der Waals surface area contributed by atoms with Gasteiger partial charge in [0.15, 0.2) is 5.82 Å². The van der Waals surface area contributed by atoms with E-state index in [1.165, 1.54) is 4.68 Å². The summed E-state index contributed by atoms with van der Waals surface area (Å²) in [5.41, 5.74) is 0.723. The quantitative estimate of drug-likeness (QED) is 0.405. The Balaban J connectivity index is 1.88. The van der Waals surface area contributed by atoms with E-state index in [0.717, 1.165) is 17.3 Å². The van der Waals surface area contributed by atoms with E-state index in [1.54, 1.807) is 31.5 Å². The van der Waals surface area contributed by atoms with Crippen molar-refractivity contribution in [2.75, 3.05) is 24.7 Å². The number of carbonyl (C=O) groups is 2. The van der Waals surface area contributed by atoms with Crippen LogP contribution in [0.4, 0.5) is 0 Å². The average molecular weight is 336 g/mol. The van der Waals surface area contributed by atoms with Crippen molar-refractivity contribution in [3.05, 3.63) is 24.5 Å². The normalized spacial score (nSPS) is 10.3. The molecule has 0 aliphatic heterocycles. The number of nitrogen functional groups attached to an aromatic ring is 1. The third-order valence-corrected chi connectivity index (χ3v) is 3.59. The molecule has 0 spiro atoms. The third-order valence-electron chi connectivity index (χ3n) is 2.65. The summed E-state index contributed by atoms with van der Waals surface area (Å²) >= 11 is 1.12. The number of esters is 1. The van der Waals surface area contributed by atoms with Crippen molar-refractivity contribution in [3.63, 3.8) is 0 Å². The SMILES string of the molecule is CCOC(=O)CNC(=O)CSc1nnc(-c2cccnc2)n1N. The fraction of sp³-hybridized carbons (Fsp3) is 0.308. The van der Waals surface area contributed by atoms with Gasteiger partial charge in [-0.1, -0.05) is 11.8 Å². The number of aromatic nitrogens is 4. The Kier molecular flexibility index (Phi) is 5.92. The molecule has 0 bridgehead atoms. The summed E-state index contributed by atoms with van der Waals surface area (Å²) in [4.78, 5) is 26.8. The minimum Gasteiger partial charge on any atom is -0.465 e. The molecule has 0 unspecified atom stereocenters. The van der Waals surface area contributed by atoms with Gasteiger partial charge in [0.05, 0.1) is 12.4 Å². The van der Waals surface area contributed by atoms with Gasteiger partial charge in [0.25, 0.3) is 0 Å². The van der Waals surface area contributed by atoms with Crippen LogP contribution in [-0.2, 0) is 14.3 Å². The number of carbonyl (C=O) groups excluding carboxylic acids is 2. The minimum atomic E-state index is -0.480. The molecule has 10 heteroatoms. The monoisotopic (exact) mass is 336 g/mol. The van der Waals surface area contributed by atoms with Crippen LogP contribution in [0.5, 0.6) is 0 Å². The minimum absolute atomic E-state index is 0.0573. The van der Waals surface area contributed by atoms with E-state index in [-0.39, 0.29) is 24.8 Å². The van der Waals surface area contributed by atoms with E-state index in [4.69, 9.17) is 10.6 Å². The first-order chi connectivity index (χ1) is 11.1. The number of ether oxygens (including phenoxy) is 1. The number of hydrogen-bond donors (Lipinski definition) is 2. The third kappa shape index (κ3) is 4.68. The smallest absolute Gasteiger partial charge is 0.325 e. The van der Waals surface area contributed by atoms with Crippen LogP contribution in [0.2, 0.25) is 0 Å². The molecule has 2 heterocycles. The van der Waals surface area contributed by atoms with Gasteiger partial charge in [-0.15, -0.1) is 10.2 Å². The molecule has 2 aromatic rings. The fourth-order valence-corrected chi connectivity index (χ4v) is 2.32. The van der Waals surface area contributed by atoms with E-state index < -0.39 is 5.97 Å². The topological polar surface area (TPSA) is 125 Å². The van der Waals surface area contributed by atoms with E-state index >= 15 is 0 Å². The highest BCUT2D eigenvalue weighted by molar-refractivity contribution is 7.99. The van der Waals surface area contributed by atoms with Crippen molar-refractivity contribution in [1.29, 1.82) is 0 Å². The summed E-state index contributed by atoms with van der Waals surface area (Å²) < 4.78 is 6.01. The maximum absolute atomic E-state index is 11.7. The van der Waals surface area contributed by atoms with Gasteiger partial charge in [0.2, 0.25) is 11.1 Å². The second-order valence-corrected chi connectivity index (χ2v) is 5.23. The Morgan fingerprint density at radius 1 is 1.43 bits per heavy atom. The summed E-state index contributed by atoms with van der Waals surface area (Å²) in [6.45, 7) is 1.81. The number of hydrogen-bond acceptors (Lipinski definition) is 8. The first-order valence-corrected chi connectivity index (χ1v) is 7.76. The van der Waals surface area contributed by atoms with Crippen molar-refractivity contribution in [2.24, 2.45) is 0 Å². The second-order valence-electron chi connectivity index (χ2n) is 4.29. The van der Waals surface area contributed by atoms with Gasteiger partial charge in [0, 0.05) is 18.0 Å². The lowest BCUT2D eigenvalue weighted by Crippen LogP contribution is -2.32. The largest absolute Gasteiger partial charge is 0.465 e. The molecule has 122 valence electrons. The summed E-state index contributed by atoms with van der Waals surface area (Å²) in [6, 6.07) is 3.57. The molecule has 9 nitrogen and oxygen atoms in total. The van der Waals surface area contributed by atoms with Crippen LogP contribution in [0.25, 0.3) is 11.4 Å². The number of nitrogens with two attached hydrogens (primary N) is 1. The predicted molar refractivity (Wildman–Crippen MR) is 83.8 cm³/mol. The van der Waals surface area contributed by atoms with Gasteiger partial charge in [-0.2, -0.15) is 0 Å². The average Bonchev–Trinajstić information content (AvgIpc) is 2.93. The molecule has 0 aromatic carbocycles. The molecule has 0 radical (unpaired) electrons. The summed E-state index contributed by atoms with van der Waals surface area (Å²) in [5, 5.41) is 10.8. The summed E-state index contributed by atoms with van der Waals surface area (Å²) in [7, 11) is 0. The molecule has 0 atom stereocenters. The van der Waals surface area contributed by atoms with Crippen LogP contribution in [-0.4, -0.2) is 50.6 Å². The van der Waals surface area contributed by atoms with E-state index in [2.05, 4.69) is 20.5 Å². The molecular weight excluding hydrogens is 320 g/mol. The van der Waals surface area contributed by atoms with Gasteiger partial charge in [0.1, 0.15) is 6.54 Å². The Morgan fingerprint density at radius 3 is 2.96 bits per heavy atom. The maximum Gasteiger partial charge on any atom is 0.325 e. The van der Waals surface area contributed by atoms with Gasteiger partial charge >= 0.3 is 5.97 Å². The van der Waals surface area contributed by atoms with Gasteiger partial charge in [-0.3, -0.25) is 14.6 Å². The van der Waals surface area contributed by atoms with Crippen LogP contribution in [0.3, 0.4) is 0 Å². The molecule has 0 saturated heterocycles. The first-order valence-electron chi connectivity index (χ1n) is 6.77. The zero-order chi connectivity index (χ0) is 16.7. The number of nitrogens with one attached hydrogen (secondary N) is 1. The van der Waals surface area contributed by atoms with Crippen LogP contribution in [0, 0.1) is 0 Å². The van der Waals surface area contributed by atoms with Gasteiger partial charge in [-0.25, -0.2) is 4.68 Å².